The summed E-state index contributed by atoms with van der Waals surface area (Å²) < 4.78 is 14.9. The van der Waals surface area contributed by atoms with Gasteiger partial charge in [0, 0.05) is 18.8 Å². The molecule has 1 heterocycles. The molecule has 0 radical (unpaired) electrons. The van der Waals surface area contributed by atoms with E-state index in [1.54, 1.807) is 16.9 Å². The van der Waals surface area contributed by atoms with Gasteiger partial charge in [0.2, 0.25) is 0 Å². The maximum absolute atomic E-state index is 13.4. The average molecular weight is 326 g/mol. The molecule has 118 valence electrons. The summed E-state index contributed by atoms with van der Waals surface area (Å²) in [6.45, 7) is 3.79. The van der Waals surface area contributed by atoms with Crippen LogP contribution in [0.4, 0.5) is 4.39 Å². The van der Waals surface area contributed by atoms with E-state index >= 15 is 0 Å². The van der Waals surface area contributed by atoms with Gasteiger partial charge in [0.05, 0.1) is 11.1 Å². The van der Waals surface area contributed by atoms with Crippen LogP contribution in [0.5, 0.6) is 0 Å². The number of aromatic nitrogens is 2. The van der Waals surface area contributed by atoms with Crippen LogP contribution in [0.15, 0.2) is 30.5 Å². The van der Waals surface area contributed by atoms with E-state index in [4.69, 9.17) is 11.6 Å². The van der Waals surface area contributed by atoms with Crippen LogP contribution in [0.1, 0.15) is 42.0 Å². The second-order valence-electron chi connectivity index (χ2n) is 5.15. The molecule has 0 aliphatic heterocycles. The minimum atomic E-state index is -1.02. The molecule has 1 amide bonds. The van der Waals surface area contributed by atoms with Crippen molar-refractivity contribution >= 4 is 17.5 Å². The number of aliphatic hydroxyl groups excluding tert-OH is 1. The van der Waals surface area contributed by atoms with Crippen LogP contribution < -0.4 is 5.32 Å². The molecule has 0 spiro atoms. The summed E-state index contributed by atoms with van der Waals surface area (Å²) in [7, 11) is 0. The van der Waals surface area contributed by atoms with E-state index in [1.807, 2.05) is 13.8 Å². The minimum Gasteiger partial charge on any atom is -0.387 e. The third-order valence-electron chi connectivity index (χ3n) is 3.18. The molecule has 1 aromatic heterocycles. The Hall–Kier alpha value is -1.92. The highest BCUT2D eigenvalue weighted by molar-refractivity contribution is 6.30. The molecule has 0 bridgehead atoms. The zero-order chi connectivity index (χ0) is 16.3. The highest BCUT2D eigenvalue weighted by Crippen LogP contribution is 2.20. The first kappa shape index (κ1) is 16.5. The summed E-state index contributed by atoms with van der Waals surface area (Å²) in [6.07, 6.45) is 0.519. The van der Waals surface area contributed by atoms with Crippen molar-refractivity contribution < 1.29 is 14.3 Å². The average Bonchev–Trinajstić information content (AvgIpc) is 2.97. The Balaban J connectivity index is 2.01. The molecule has 0 saturated carbocycles. The molecular weight excluding hydrogens is 309 g/mol. The second kappa shape index (κ2) is 6.89. The van der Waals surface area contributed by atoms with Gasteiger partial charge in [-0.05, 0) is 37.6 Å². The van der Waals surface area contributed by atoms with Crippen LogP contribution in [-0.4, -0.2) is 27.3 Å². The molecule has 2 rings (SSSR count). The Kier molecular flexibility index (Phi) is 5.15. The third kappa shape index (κ3) is 3.64. The molecule has 0 aliphatic carbocycles. The van der Waals surface area contributed by atoms with E-state index in [1.165, 1.54) is 12.1 Å². The minimum absolute atomic E-state index is 0.0131. The molecule has 7 heteroatoms. The van der Waals surface area contributed by atoms with E-state index in [2.05, 4.69) is 10.4 Å². The van der Waals surface area contributed by atoms with Gasteiger partial charge < -0.3 is 10.4 Å². The third-order valence-corrected chi connectivity index (χ3v) is 3.48. The first-order chi connectivity index (χ1) is 10.4. The number of nitrogens with zero attached hydrogens (tertiary/aromatic N) is 2. The van der Waals surface area contributed by atoms with Crippen molar-refractivity contribution in [2.24, 2.45) is 0 Å². The lowest BCUT2D eigenvalue weighted by atomic mass is 10.1. The zero-order valence-electron chi connectivity index (χ0n) is 12.3. The number of carbonyl (C=O) groups excluding carboxylic acids is 1. The van der Waals surface area contributed by atoms with Gasteiger partial charge in [-0.3, -0.25) is 9.48 Å². The quantitative estimate of drug-likeness (QED) is 0.888. The van der Waals surface area contributed by atoms with Crippen LogP contribution in [0.3, 0.4) is 0 Å². The van der Waals surface area contributed by atoms with Crippen molar-refractivity contribution in [2.45, 2.75) is 26.0 Å². The maximum Gasteiger partial charge on any atom is 0.269 e. The van der Waals surface area contributed by atoms with Gasteiger partial charge in [-0.15, -0.1) is 0 Å². The van der Waals surface area contributed by atoms with Gasteiger partial charge in [0.1, 0.15) is 11.5 Å². The predicted molar refractivity (Wildman–Crippen MR) is 81.3 cm³/mol. The van der Waals surface area contributed by atoms with Crippen LogP contribution >= 0.6 is 11.6 Å². The molecule has 0 aliphatic rings. The Morgan fingerprint density at radius 2 is 2.18 bits per heavy atom. The number of halogens is 2. The van der Waals surface area contributed by atoms with Gasteiger partial charge in [-0.2, -0.15) is 5.10 Å². The van der Waals surface area contributed by atoms with Crippen molar-refractivity contribution in [3.8, 4) is 0 Å². The molecule has 22 heavy (non-hydrogen) atoms. The summed E-state index contributed by atoms with van der Waals surface area (Å²) >= 11 is 5.59. The zero-order valence-corrected chi connectivity index (χ0v) is 13.0. The molecule has 1 atom stereocenters. The summed E-state index contributed by atoms with van der Waals surface area (Å²) in [5.41, 5.74) is 0.754. The van der Waals surface area contributed by atoms with E-state index in [0.717, 1.165) is 6.07 Å². The number of nitrogens with one attached hydrogen (secondary N) is 1. The number of rotatable bonds is 5. The first-order valence-corrected chi connectivity index (χ1v) is 7.22. The van der Waals surface area contributed by atoms with Gasteiger partial charge in [-0.25, -0.2) is 4.39 Å². The highest BCUT2D eigenvalue weighted by Gasteiger charge is 2.16. The van der Waals surface area contributed by atoms with Crippen molar-refractivity contribution in [3.05, 3.63) is 52.6 Å². The topological polar surface area (TPSA) is 67.2 Å². The Bertz CT molecular complexity index is 673. The summed E-state index contributed by atoms with van der Waals surface area (Å²) in [6, 6.07) is 5.68. The lowest BCUT2D eigenvalue weighted by Gasteiger charge is -2.14. The van der Waals surface area contributed by atoms with E-state index in [0.29, 0.717) is 11.3 Å². The largest absolute Gasteiger partial charge is 0.387 e. The van der Waals surface area contributed by atoms with Crippen molar-refractivity contribution in [1.29, 1.82) is 0 Å². The highest BCUT2D eigenvalue weighted by atomic mass is 35.5. The molecule has 2 N–H and O–H groups in total. The van der Waals surface area contributed by atoms with Crippen LogP contribution in [0.25, 0.3) is 0 Å². The van der Waals surface area contributed by atoms with Crippen molar-refractivity contribution in [1.82, 2.24) is 15.1 Å². The molecule has 0 saturated heterocycles. The van der Waals surface area contributed by atoms with Crippen LogP contribution in [-0.2, 0) is 0 Å². The monoisotopic (exact) mass is 325 g/mol. The SMILES string of the molecule is CC(C)n1nccc1C(=O)NCC(O)c1ccc(Cl)c(F)c1. The fraction of sp³-hybridized carbons (Fsp3) is 0.333. The fourth-order valence-electron chi connectivity index (χ4n) is 2.02. The Morgan fingerprint density at radius 3 is 2.82 bits per heavy atom. The number of amides is 1. The van der Waals surface area contributed by atoms with E-state index in [9.17, 15) is 14.3 Å². The van der Waals surface area contributed by atoms with Crippen molar-refractivity contribution in [2.75, 3.05) is 6.54 Å². The number of carbonyl (C=O) groups is 1. The summed E-state index contributed by atoms with van der Waals surface area (Å²) in [4.78, 5) is 12.1. The molecule has 1 aromatic carbocycles. The summed E-state index contributed by atoms with van der Waals surface area (Å²) in [5.74, 6) is -0.956. The molecule has 1 unspecified atom stereocenters. The van der Waals surface area contributed by atoms with Crippen LogP contribution in [0.2, 0.25) is 5.02 Å². The molecule has 5 nitrogen and oxygen atoms in total. The number of benzene rings is 1. The normalized spacial score (nSPS) is 12.5. The second-order valence-corrected chi connectivity index (χ2v) is 5.56. The first-order valence-electron chi connectivity index (χ1n) is 6.85. The van der Waals surface area contributed by atoms with E-state index in [-0.39, 0.29) is 23.5 Å². The predicted octanol–water partition coefficient (Wildman–Crippen LogP) is 2.72. The number of hydrogen-bond acceptors (Lipinski definition) is 3. The van der Waals surface area contributed by atoms with Gasteiger partial charge in [-0.1, -0.05) is 17.7 Å². The fourth-order valence-corrected chi connectivity index (χ4v) is 2.14. The molecule has 0 fully saturated rings. The Labute approximate surface area is 132 Å². The van der Waals surface area contributed by atoms with Gasteiger partial charge in [0.15, 0.2) is 0 Å². The Morgan fingerprint density at radius 1 is 1.45 bits per heavy atom. The standard InChI is InChI=1S/C15H17ClFN3O2/c1-9(2)20-13(5-6-19-20)15(22)18-8-14(21)10-3-4-11(16)12(17)7-10/h3-7,9,14,21H,8H2,1-2H3,(H,18,22). The molecule has 2 aromatic rings. The lowest BCUT2D eigenvalue weighted by Crippen LogP contribution is -2.30. The van der Waals surface area contributed by atoms with Gasteiger partial charge >= 0.3 is 0 Å². The maximum atomic E-state index is 13.4. The van der Waals surface area contributed by atoms with E-state index < -0.39 is 11.9 Å². The molecular formula is C15H17ClFN3O2. The lowest BCUT2D eigenvalue weighted by molar-refractivity contribution is 0.0903. The number of hydrogen-bond donors (Lipinski definition) is 2. The number of aliphatic hydroxyl groups is 1. The van der Waals surface area contributed by atoms with Gasteiger partial charge in [0.25, 0.3) is 5.91 Å². The van der Waals surface area contributed by atoms with Crippen LogP contribution in [0, 0.1) is 5.82 Å². The summed E-state index contributed by atoms with van der Waals surface area (Å²) in [5, 5.41) is 16.7. The van der Waals surface area contributed by atoms with Crippen molar-refractivity contribution in [3.63, 3.8) is 0 Å². The smallest absolute Gasteiger partial charge is 0.269 e.